The van der Waals surface area contributed by atoms with Crippen molar-refractivity contribution in [3.8, 4) is 0 Å². The SMILES string of the molecule is CCc1nnc(N2C(=O)c3oc4ccc(Cl)cc4c(=O)c3C23C(=O)N(CC)c2ccccc23)s1. The van der Waals surface area contributed by atoms with E-state index in [-0.39, 0.29) is 27.4 Å². The Hall–Kier alpha value is -3.56. The predicted molar refractivity (Wildman–Crippen MR) is 129 cm³/mol. The van der Waals surface area contributed by atoms with Crippen LogP contribution >= 0.6 is 22.9 Å². The summed E-state index contributed by atoms with van der Waals surface area (Å²) in [4.78, 5) is 45.0. The Morgan fingerprint density at radius 1 is 1.09 bits per heavy atom. The van der Waals surface area contributed by atoms with Gasteiger partial charge in [0.05, 0.1) is 16.6 Å². The van der Waals surface area contributed by atoms with E-state index >= 15 is 0 Å². The van der Waals surface area contributed by atoms with E-state index in [0.717, 1.165) is 0 Å². The van der Waals surface area contributed by atoms with Crippen LogP contribution in [0.15, 0.2) is 51.7 Å². The summed E-state index contributed by atoms with van der Waals surface area (Å²) in [5, 5.41) is 9.88. The second-order valence-electron chi connectivity index (χ2n) is 8.03. The fourth-order valence-electron chi connectivity index (χ4n) is 4.93. The van der Waals surface area contributed by atoms with Gasteiger partial charge in [-0.2, -0.15) is 0 Å². The van der Waals surface area contributed by atoms with Gasteiger partial charge in [0.15, 0.2) is 11.0 Å². The van der Waals surface area contributed by atoms with E-state index in [4.69, 9.17) is 16.0 Å². The quantitative estimate of drug-likeness (QED) is 0.426. The third kappa shape index (κ3) is 2.45. The Labute approximate surface area is 202 Å². The minimum atomic E-state index is -1.75. The molecule has 0 N–H and O–H groups in total. The Balaban J connectivity index is 1.78. The number of hydrogen-bond donors (Lipinski definition) is 0. The van der Waals surface area contributed by atoms with E-state index in [1.807, 2.05) is 26.0 Å². The first kappa shape index (κ1) is 21.0. The molecule has 1 atom stereocenters. The van der Waals surface area contributed by atoms with Crippen molar-refractivity contribution < 1.29 is 14.0 Å². The lowest BCUT2D eigenvalue weighted by molar-refractivity contribution is -0.121. The number of hydrogen-bond acceptors (Lipinski definition) is 7. The van der Waals surface area contributed by atoms with E-state index in [1.165, 1.54) is 22.3 Å². The molecule has 0 saturated carbocycles. The highest BCUT2D eigenvalue weighted by atomic mass is 35.5. The van der Waals surface area contributed by atoms with Gasteiger partial charge in [0.25, 0.3) is 11.8 Å². The van der Waals surface area contributed by atoms with Crippen molar-refractivity contribution in [1.29, 1.82) is 0 Å². The molecule has 6 rings (SSSR count). The molecular weight excluding hydrogens is 476 g/mol. The van der Waals surface area contributed by atoms with Crippen LogP contribution in [0.4, 0.5) is 10.8 Å². The van der Waals surface area contributed by atoms with E-state index in [2.05, 4.69) is 10.2 Å². The molecule has 2 amide bonds. The smallest absolute Gasteiger partial charge is 0.297 e. The Morgan fingerprint density at radius 2 is 1.88 bits per heavy atom. The molecular formula is C24H17ClN4O4S. The van der Waals surface area contributed by atoms with Gasteiger partial charge >= 0.3 is 0 Å². The Kier molecular flexibility index (Phi) is 4.46. The molecule has 0 bridgehead atoms. The highest BCUT2D eigenvalue weighted by Gasteiger charge is 2.66. The highest BCUT2D eigenvalue weighted by molar-refractivity contribution is 7.15. The van der Waals surface area contributed by atoms with Crippen LogP contribution in [0.3, 0.4) is 0 Å². The zero-order valence-corrected chi connectivity index (χ0v) is 19.7. The van der Waals surface area contributed by atoms with Crippen LogP contribution in [0.25, 0.3) is 11.0 Å². The summed E-state index contributed by atoms with van der Waals surface area (Å²) in [6, 6.07) is 11.8. The molecule has 2 aromatic heterocycles. The number of halogens is 1. The van der Waals surface area contributed by atoms with Gasteiger partial charge in [-0.25, -0.2) is 0 Å². The van der Waals surface area contributed by atoms with E-state index in [0.29, 0.717) is 34.2 Å². The molecule has 2 aromatic carbocycles. The van der Waals surface area contributed by atoms with Gasteiger partial charge in [-0.1, -0.05) is 48.1 Å². The van der Waals surface area contributed by atoms with Crippen molar-refractivity contribution in [1.82, 2.24) is 10.2 Å². The van der Waals surface area contributed by atoms with E-state index in [1.54, 1.807) is 29.2 Å². The number of anilines is 2. The molecule has 1 spiro atoms. The van der Waals surface area contributed by atoms with E-state index in [9.17, 15) is 14.4 Å². The summed E-state index contributed by atoms with van der Waals surface area (Å²) < 4.78 is 5.99. The standard InChI is InChI=1S/C24H17ClN4O4S/c1-3-17-26-27-23(34-17)29-21(31)20-18(19(30)13-11-12(25)9-10-16(13)33-20)24(29)14-7-5-6-8-15(14)28(4-2)22(24)32/h5-11H,3-4H2,1-2H3. The van der Waals surface area contributed by atoms with Crippen LogP contribution in [0.2, 0.25) is 5.02 Å². The first-order valence-corrected chi connectivity index (χ1v) is 12.0. The number of benzene rings is 2. The van der Waals surface area contributed by atoms with Crippen LogP contribution < -0.4 is 15.2 Å². The van der Waals surface area contributed by atoms with Gasteiger partial charge in [-0.3, -0.25) is 19.3 Å². The van der Waals surface area contributed by atoms with Crippen LogP contribution in [-0.2, 0) is 16.8 Å². The number of rotatable bonds is 3. The maximum atomic E-state index is 14.2. The van der Waals surface area contributed by atoms with Gasteiger partial charge in [-0.15, -0.1) is 10.2 Å². The summed E-state index contributed by atoms with van der Waals surface area (Å²) in [5.74, 6) is -1.19. The number of carbonyl (C=O) groups excluding carboxylic acids is 2. The Bertz CT molecular complexity index is 1600. The van der Waals surface area contributed by atoms with Crippen molar-refractivity contribution in [2.24, 2.45) is 0 Å². The minimum absolute atomic E-state index is 0.0195. The molecule has 170 valence electrons. The van der Waals surface area contributed by atoms with Crippen molar-refractivity contribution >= 4 is 56.5 Å². The molecule has 0 radical (unpaired) electrons. The molecule has 0 aliphatic carbocycles. The van der Waals surface area contributed by atoms with E-state index < -0.39 is 22.8 Å². The summed E-state index contributed by atoms with van der Waals surface area (Å²) >= 11 is 7.38. The first-order chi connectivity index (χ1) is 16.4. The summed E-state index contributed by atoms with van der Waals surface area (Å²) in [6.45, 7) is 4.13. The van der Waals surface area contributed by atoms with Crippen molar-refractivity contribution in [3.05, 3.63) is 79.6 Å². The maximum Gasteiger partial charge on any atom is 0.297 e. The third-order valence-corrected chi connectivity index (χ3v) is 7.64. The first-order valence-electron chi connectivity index (χ1n) is 10.8. The van der Waals surface area contributed by atoms with Gasteiger partial charge in [0.2, 0.25) is 10.9 Å². The largest absolute Gasteiger partial charge is 0.450 e. The zero-order valence-electron chi connectivity index (χ0n) is 18.2. The van der Waals surface area contributed by atoms with Crippen LogP contribution in [-0.4, -0.2) is 28.6 Å². The number of fused-ring (bicyclic) bond motifs is 5. The van der Waals surface area contributed by atoms with Gasteiger partial charge in [0.1, 0.15) is 10.6 Å². The molecule has 4 heterocycles. The van der Waals surface area contributed by atoms with Crippen LogP contribution in [0, 0.1) is 0 Å². The Morgan fingerprint density at radius 3 is 2.62 bits per heavy atom. The number of nitrogens with zero attached hydrogens (tertiary/aromatic N) is 4. The minimum Gasteiger partial charge on any atom is -0.450 e. The van der Waals surface area contributed by atoms with Crippen molar-refractivity contribution in [3.63, 3.8) is 0 Å². The average Bonchev–Trinajstić information content (AvgIpc) is 3.48. The summed E-state index contributed by atoms with van der Waals surface area (Å²) in [5.41, 5.74) is -0.871. The molecule has 8 nitrogen and oxygen atoms in total. The number of amides is 2. The van der Waals surface area contributed by atoms with Gasteiger partial charge in [-0.05, 0) is 37.6 Å². The lowest BCUT2D eigenvalue weighted by atomic mass is 9.84. The molecule has 10 heteroatoms. The number of likely N-dealkylation sites (N-methyl/N-ethyl adjacent to an activating group) is 1. The fourth-order valence-corrected chi connectivity index (χ4v) is 5.93. The molecule has 2 aliphatic rings. The van der Waals surface area contributed by atoms with Gasteiger partial charge in [0, 0.05) is 17.1 Å². The normalized spacial score (nSPS) is 18.9. The molecule has 34 heavy (non-hydrogen) atoms. The number of aromatic nitrogens is 2. The van der Waals surface area contributed by atoms with Crippen LogP contribution in [0.1, 0.15) is 40.5 Å². The zero-order chi connectivity index (χ0) is 23.8. The number of para-hydroxylation sites is 1. The topological polar surface area (TPSA) is 96.6 Å². The second-order valence-corrected chi connectivity index (χ2v) is 9.50. The monoisotopic (exact) mass is 492 g/mol. The lowest BCUT2D eigenvalue weighted by Gasteiger charge is -2.31. The highest BCUT2D eigenvalue weighted by Crippen LogP contribution is 2.54. The molecule has 2 aliphatic heterocycles. The van der Waals surface area contributed by atoms with Crippen molar-refractivity contribution in [2.45, 2.75) is 25.8 Å². The van der Waals surface area contributed by atoms with Crippen LogP contribution in [0.5, 0.6) is 0 Å². The summed E-state index contributed by atoms with van der Waals surface area (Å²) in [7, 11) is 0. The fraction of sp³-hybridized carbons (Fsp3) is 0.208. The number of carbonyl (C=O) groups is 2. The average molecular weight is 493 g/mol. The maximum absolute atomic E-state index is 14.2. The molecule has 4 aromatic rings. The lowest BCUT2D eigenvalue weighted by Crippen LogP contribution is -2.53. The third-order valence-electron chi connectivity index (χ3n) is 6.35. The molecule has 1 unspecified atom stereocenters. The molecule has 0 saturated heterocycles. The van der Waals surface area contributed by atoms with Gasteiger partial charge < -0.3 is 9.32 Å². The second kappa shape index (κ2) is 7.22. The van der Waals surface area contributed by atoms with Crippen molar-refractivity contribution in [2.75, 3.05) is 16.3 Å². The molecule has 0 fully saturated rings. The summed E-state index contributed by atoms with van der Waals surface area (Å²) in [6.07, 6.45) is 0.616. The predicted octanol–water partition coefficient (Wildman–Crippen LogP) is 4.13. The number of aryl methyl sites for hydroxylation is 1.